The molecule has 0 atom stereocenters. The quantitative estimate of drug-likeness (QED) is 0.781. The smallest absolute Gasteiger partial charge is 0.335 e. The van der Waals surface area contributed by atoms with Crippen LogP contribution in [0.4, 0.5) is 16.2 Å². The van der Waals surface area contributed by atoms with Gasteiger partial charge in [-0.05, 0) is 64.8 Å². The Hall–Kier alpha value is -2.34. The molecule has 0 bridgehead atoms. The number of hydrogen-bond acceptors (Lipinski definition) is 2. The molecule has 2 amide bonds. The van der Waals surface area contributed by atoms with Crippen molar-refractivity contribution in [1.29, 1.82) is 0 Å². The van der Waals surface area contributed by atoms with Crippen molar-refractivity contribution in [2.75, 3.05) is 10.6 Å². The van der Waals surface area contributed by atoms with Crippen molar-refractivity contribution >= 4 is 39.3 Å². The van der Waals surface area contributed by atoms with E-state index in [0.717, 1.165) is 10.0 Å². The van der Waals surface area contributed by atoms with E-state index in [9.17, 15) is 9.59 Å². The van der Waals surface area contributed by atoms with Gasteiger partial charge < -0.3 is 15.7 Å². The number of aromatic carboxylic acids is 1. The Labute approximate surface area is 130 Å². The molecule has 0 spiro atoms. The first-order valence-electron chi connectivity index (χ1n) is 6.13. The van der Waals surface area contributed by atoms with Crippen molar-refractivity contribution in [3.8, 4) is 0 Å². The van der Waals surface area contributed by atoms with E-state index < -0.39 is 12.0 Å². The normalized spacial score (nSPS) is 10.0. The molecule has 0 heterocycles. The van der Waals surface area contributed by atoms with Crippen LogP contribution in [0.15, 0.2) is 46.9 Å². The average Bonchev–Trinajstić information content (AvgIpc) is 2.42. The maximum absolute atomic E-state index is 11.9. The molecule has 0 radical (unpaired) electrons. The molecule has 108 valence electrons. The molecular weight excluding hydrogens is 336 g/mol. The number of amides is 2. The van der Waals surface area contributed by atoms with Gasteiger partial charge in [0.25, 0.3) is 0 Å². The van der Waals surface area contributed by atoms with Crippen molar-refractivity contribution in [2.45, 2.75) is 6.92 Å². The largest absolute Gasteiger partial charge is 0.478 e. The summed E-state index contributed by atoms with van der Waals surface area (Å²) in [5, 5.41) is 14.1. The minimum atomic E-state index is -1.01. The van der Waals surface area contributed by atoms with Gasteiger partial charge in [-0.3, -0.25) is 0 Å². The first-order chi connectivity index (χ1) is 9.95. The first-order valence-corrected chi connectivity index (χ1v) is 6.92. The van der Waals surface area contributed by atoms with Gasteiger partial charge in [-0.25, -0.2) is 9.59 Å². The third-order valence-corrected chi connectivity index (χ3v) is 3.42. The van der Waals surface area contributed by atoms with Crippen LogP contribution >= 0.6 is 15.9 Å². The van der Waals surface area contributed by atoms with Crippen molar-refractivity contribution in [3.05, 3.63) is 58.1 Å². The van der Waals surface area contributed by atoms with Gasteiger partial charge in [0.2, 0.25) is 0 Å². The van der Waals surface area contributed by atoms with Crippen molar-refractivity contribution in [3.63, 3.8) is 0 Å². The summed E-state index contributed by atoms with van der Waals surface area (Å²) in [5.74, 6) is -1.01. The average molecular weight is 349 g/mol. The lowest BCUT2D eigenvalue weighted by atomic mass is 10.2. The van der Waals surface area contributed by atoms with E-state index in [-0.39, 0.29) is 5.56 Å². The molecule has 2 rings (SSSR count). The predicted molar refractivity (Wildman–Crippen MR) is 84.9 cm³/mol. The van der Waals surface area contributed by atoms with Crippen LogP contribution < -0.4 is 10.6 Å². The van der Waals surface area contributed by atoms with E-state index in [2.05, 4.69) is 26.6 Å². The summed E-state index contributed by atoms with van der Waals surface area (Å²) in [5.41, 5.74) is 2.42. The van der Waals surface area contributed by atoms with Gasteiger partial charge in [0.1, 0.15) is 0 Å². The SMILES string of the molecule is Cc1ccc(NC(=O)Nc2ccc(C(=O)O)cc2)c(Br)c1. The van der Waals surface area contributed by atoms with Gasteiger partial charge in [0, 0.05) is 10.2 Å². The summed E-state index contributed by atoms with van der Waals surface area (Å²) < 4.78 is 0.791. The number of carboxylic acid groups (broad SMARTS) is 1. The highest BCUT2D eigenvalue weighted by molar-refractivity contribution is 9.10. The van der Waals surface area contributed by atoms with E-state index in [1.807, 2.05) is 19.1 Å². The molecule has 3 N–H and O–H groups in total. The summed E-state index contributed by atoms with van der Waals surface area (Å²) in [4.78, 5) is 22.6. The van der Waals surface area contributed by atoms with E-state index in [4.69, 9.17) is 5.11 Å². The second-order valence-electron chi connectivity index (χ2n) is 4.44. The van der Waals surface area contributed by atoms with Crippen LogP contribution in [0.5, 0.6) is 0 Å². The van der Waals surface area contributed by atoms with Gasteiger partial charge in [-0.2, -0.15) is 0 Å². The third kappa shape index (κ3) is 4.06. The topological polar surface area (TPSA) is 78.4 Å². The molecule has 0 unspecified atom stereocenters. The number of aryl methyl sites for hydroxylation is 1. The van der Waals surface area contributed by atoms with Gasteiger partial charge in [-0.1, -0.05) is 6.07 Å². The second kappa shape index (κ2) is 6.41. The number of benzene rings is 2. The van der Waals surface area contributed by atoms with Crippen LogP contribution in [-0.2, 0) is 0 Å². The highest BCUT2D eigenvalue weighted by Crippen LogP contribution is 2.23. The van der Waals surface area contributed by atoms with Gasteiger partial charge in [-0.15, -0.1) is 0 Å². The Morgan fingerprint density at radius 1 is 1.05 bits per heavy atom. The Morgan fingerprint density at radius 3 is 2.29 bits per heavy atom. The Balaban J connectivity index is 2.02. The van der Waals surface area contributed by atoms with Gasteiger partial charge >= 0.3 is 12.0 Å². The lowest BCUT2D eigenvalue weighted by Gasteiger charge is -2.10. The number of nitrogens with one attached hydrogen (secondary N) is 2. The molecule has 0 fully saturated rings. The predicted octanol–water partition coefficient (Wildman–Crippen LogP) is 4.10. The molecule has 2 aromatic rings. The molecule has 21 heavy (non-hydrogen) atoms. The zero-order valence-corrected chi connectivity index (χ0v) is 12.8. The third-order valence-electron chi connectivity index (χ3n) is 2.76. The monoisotopic (exact) mass is 348 g/mol. The van der Waals surface area contributed by atoms with E-state index >= 15 is 0 Å². The zero-order valence-electron chi connectivity index (χ0n) is 11.2. The fourth-order valence-electron chi connectivity index (χ4n) is 1.70. The summed E-state index contributed by atoms with van der Waals surface area (Å²) in [6.45, 7) is 1.96. The molecule has 0 aliphatic heterocycles. The molecule has 0 aromatic heterocycles. The lowest BCUT2D eigenvalue weighted by molar-refractivity contribution is 0.0697. The first kappa shape index (κ1) is 15.1. The highest BCUT2D eigenvalue weighted by Gasteiger charge is 2.07. The molecule has 0 saturated carbocycles. The van der Waals surface area contributed by atoms with Crippen molar-refractivity contribution in [1.82, 2.24) is 0 Å². The summed E-state index contributed by atoms with van der Waals surface area (Å²) >= 11 is 3.38. The van der Waals surface area contributed by atoms with E-state index in [0.29, 0.717) is 11.4 Å². The maximum Gasteiger partial charge on any atom is 0.335 e. The molecule has 2 aromatic carbocycles. The second-order valence-corrected chi connectivity index (χ2v) is 5.30. The van der Waals surface area contributed by atoms with Gasteiger partial charge in [0.15, 0.2) is 0 Å². The number of halogens is 1. The minimum Gasteiger partial charge on any atom is -0.478 e. The van der Waals surface area contributed by atoms with Crippen LogP contribution in [-0.4, -0.2) is 17.1 Å². The van der Waals surface area contributed by atoms with Crippen LogP contribution in [0.3, 0.4) is 0 Å². The molecular formula is C15H13BrN2O3. The highest BCUT2D eigenvalue weighted by atomic mass is 79.9. The number of carboxylic acids is 1. The van der Waals surface area contributed by atoms with Crippen LogP contribution in [0, 0.1) is 6.92 Å². The minimum absolute atomic E-state index is 0.169. The van der Waals surface area contributed by atoms with Crippen LogP contribution in [0.25, 0.3) is 0 Å². The molecule has 5 nitrogen and oxygen atoms in total. The Bertz CT molecular complexity index is 684. The Morgan fingerprint density at radius 2 is 1.71 bits per heavy atom. The van der Waals surface area contributed by atoms with Crippen molar-refractivity contribution < 1.29 is 14.7 Å². The Kier molecular flexibility index (Phi) is 4.59. The lowest BCUT2D eigenvalue weighted by Crippen LogP contribution is -2.19. The fourth-order valence-corrected chi connectivity index (χ4v) is 2.29. The molecule has 0 aliphatic rings. The zero-order chi connectivity index (χ0) is 15.4. The molecule has 0 saturated heterocycles. The molecule has 6 heteroatoms. The maximum atomic E-state index is 11.9. The summed E-state index contributed by atoms with van der Waals surface area (Å²) in [6, 6.07) is 11.1. The standard InChI is InChI=1S/C15H13BrN2O3/c1-9-2-7-13(12(16)8-9)18-15(21)17-11-5-3-10(4-6-11)14(19)20/h2-8H,1H3,(H,19,20)(H2,17,18,21). The number of carbonyl (C=O) groups is 2. The van der Waals surface area contributed by atoms with Crippen molar-refractivity contribution in [2.24, 2.45) is 0 Å². The van der Waals surface area contributed by atoms with Gasteiger partial charge in [0.05, 0.1) is 11.3 Å². The number of anilines is 2. The van der Waals surface area contributed by atoms with E-state index in [1.165, 1.54) is 24.3 Å². The number of hydrogen-bond donors (Lipinski definition) is 3. The fraction of sp³-hybridized carbons (Fsp3) is 0.0667. The molecule has 0 aliphatic carbocycles. The number of rotatable bonds is 3. The number of urea groups is 1. The summed E-state index contributed by atoms with van der Waals surface area (Å²) in [7, 11) is 0. The summed E-state index contributed by atoms with van der Waals surface area (Å²) in [6.07, 6.45) is 0. The number of carbonyl (C=O) groups excluding carboxylic acids is 1. The van der Waals surface area contributed by atoms with Crippen LogP contribution in [0.1, 0.15) is 15.9 Å². The van der Waals surface area contributed by atoms with Crippen LogP contribution in [0.2, 0.25) is 0 Å². The van der Waals surface area contributed by atoms with E-state index in [1.54, 1.807) is 6.07 Å².